The zero-order chi connectivity index (χ0) is 24.2. The Balaban J connectivity index is 1.44. The van der Waals surface area contributed by atoms with Crippen LogP contribution in [0.2, 0.25) is 0 Å². The molecule has 4 rings (SSSR count). The van der Waals surface area contributed by atoms with Crippen molar-refractivity contribution in [2.75, 3.05) is 13.7 Å². The Morgan fingerprint density at radius 3 is 2.59 bits per heavy atom. The first kappa shape index (κ1) is 24.0. The second-order valence-corrected chi connectivity index (χ2v) is 9.47. The molecule has 0 radical (unpaired) electrons. The number of hydrogen-bond acceptors (Lipinski definition) is 6. The zero-order valence-electron chi connectivity index (χ0n) is 19.8. The van der Waals surface area contributed by atoms with E-state index in [9.17, 15) is 9.90 Å². The van der Waals surface area contributed by atoms with E-state index in [0.29, 0.717) is 31.3 Å². The lowest BCUT2D eigenvalue weighted by Crippen LogP contribution is -2.24. The molecule has 178 valence electrons. The Bertz CT molecular complexity index is 1270. The lowest BCUT2D eigenvalue weighted by molar-refractivity contribution is -0.148. The molecular weight excluding hydrogens is 450 g/mol. The average molecular weight is 480 g/mol. The van der Waals surface area contributed by atoms with Gasteiger partial charge in [0.05, 0.1) is 12.3 Å². The molecule has 34 heavy (non-hydrogen) atoms. The van der Waals surface area contributed by atoms with Gasteiger partial charge in [-0.25, -0.2) is 9.78 Å². The average Bonchev–Trinajstić information content (AvgIpc) is 3.46. The molecule has 0 aliphatic heterocycles. The number of aliphatic carboxylic acids is 1. The van der Waals surface area contributed by atoms with Crippen LogP contribution in [-0.4, -0.2) is 35.9 Å². The number of aromatic nitrogens is 1. The van der Waals surface area contributed by atoms with Crippen LogP contribution in [0.3, 0.4) is 0 Å². The minimum Gasteiger partial charge on any atom is -0.493 e. The maximum absolute atomic E-state index is 11.4. The largest absolute Gasteiger partial charge is 0.493 e. The predicted octanol–water partition coefficient (Wildman–Crippen LogP) is 6.25. The molecule has 1 N–H and O–H groups in total. The first-order chi connectivity index (χ1) is 16.4. The summed E-state index contributed by atoms with van der Waals surface area (Å²) in [7, 11) is 1.42. The number of carbonyl (C=O) groups is 1. The second kappa shape index (κ2) is 10.4. The van der Waals surface area contributed by atoms with E-state index in [0.717, 1.165) is 38.4 Å². The number of carboxylic acid groups (broad SMARTS) is 1. The molecule has 4 aromatic rings. The van der Waals surface area contributed by atoms with E-state index in [1.807, 2.05) is 42.6 Å². The van der Waals surface area contributed by atoms with Crippen molar-refractivity contribution in [3.63, 3.8) is 0 Å². The van der Waals surface area contributed by atoms with Gasteiger partial charge < -0.3 is 19.0 Å². The number of ether oxygens (including phenoxy) is 2. The van der Waals surface area contributed by atoms with Gasteiger partial charge in [-0.05, 0) is 53.6 Å². The number of fused-ring (bicyclic) bond motifs is 1. The topological polar surface area (TPSA) is 81.8 Å². The fraction of sp³-hybridized carbons (Fsp3) is 0.333. The predicted molar refractivity (Wildman–Crippen MR) is 134 cm³/mol. The van der Waals surface area contributed by atoms with Gasteiger partial charge in [-0.1, -0.05) is 32.0 Å². The molecule has 2 heterocycles. The van der Waals surface area contributed by atoms with Crippen molar-refractivity contribution in [1.29, 1.82) is 0 Å². The number of rotatable bonds is 10. The molecule has 0 aliphatic rings. The van der Waals surface area contributed by atoms with Crippen LogP contribution >= 0.6 is 11.3 Å². The summed E-state index contributed by atoms with van der Waals surface area (Å²) < 4.78 is 18.1. The van der Waals surface area contributed by atoms with Crippen molar-refractivity contribution in [1.82, 2.24) is 4.98 Å². The molecule has 0 bridgehead atoms. The smallest absolute Gasteiger partial charge is 0.333 e. The molecule has 0 aliphatic carbocycles. The van der Waals surface area contributed by atoms with Crippen LogP contribution in [0.25, 0.3) is 21.5 Å². The number of carboxylic acids is 1. The molecule has 0 saturated carbocycles. The van der Waals surface area contributed by atoms with Crippen LogP contribution in [-0.2, 0) is 22.4 Å². The molecular formula is C27H29NO5S. The molecule has 0 spiro atoms. The van der Waals surface area contributed by atoms with Crippen LogP contribution in [0, 0.1) is 6.92 Å². The fourth-order valence-electron chi connectivity index (χ4n) is 3.90. The third-order valence-corrected chi connectivity index (χ3v) is 6.93. The van der Waals surface area contributed by atoms with Gasteiger partial charge in [-0.15, -0.1) is 11.3 Å². The Kier molecular flexibility index (Phi) is 7.34. The van der Waals surface area contributed by atoms with E-state index in [-0.39, 0.29) is 0 Å². The van der Waals surface area contributed by atoms with Crippen molar-refractivity contribution < 1.29 is 23.8 Å². The van der Waals surface area contributed by atoms with Crippen molar-refractivity contribution >= 4 is 27.4 Å². The quantitative estimate of drug-likeness (QED) is 0.289. The van der Waals surface area contributed by atoms with Crippen LogP contribution < -0.4 is 4.74 Å². The number of aryl methyl sites for hydroxylation is 1. The molecule has 7 heteroatoms. The van der Waals surface area contributed by atoms with E-state index in [1.165, 1.54) is 12.7 Å². The molecule has 0 unspecified atom stereocenters. The van der Waals surface area contributed by atoms with Crippen LogP contribution in [0.4, 0.5) is 0 Å². The maximum Gasteiger partial charge on any atom is 0.333 e. The molecule has 0 saturated heterocycles. The SMILES string of the molecule is CO[C@@H](Cc1ccc(OCCc2nc(-c3ccc(C(C)C)cc3)oc2C)c2ccsc12)C(=O)O. The highest BCUT2D eigenvalue weighted by Gasteiger charge is 2.20. The van der Waals surface area contributed by atoms with Gasteiger partial charge in [0.25, 0.3) is 0 Å². The number of thiophene rings is 1. The summed E-state index contributed by atoms with van der Waals surface area (Å²) in [6.07, 6.45) is 0.0581. The highest BCUT2D eigenvalue weighted by molar-refractivity contribution is 7.17. The lowest BCUT2D eigenvalue weighted by atomic mass is 10.0. The molecule has 0 fully saturated rings. The van der Waals surface area contributed by atoms with Crippen LogP contribution in [0.1, 0.15) is 42.3 Å². The molecule has 2 aromatic heterocycles. The number of methoxy groups -OCH3 is 1. The van der Waals surface area contributed by atoms with Crippen molar-refractivity contribution in [3.8, 4) is 17.2 Å². The number of oxazole rings is 1. The number of hydrogen-bond donors (Lipinski definition) is 1. The zero-order valence-corrected chi connectivity index (χ0v) is 20.6. The fourth-order valence-corrected chi connectivity index (χ4v) is 4.84. The van der Waals surface area contributed by atoms with E-state index in [4.69, 9.17) is 18.9 Å². The second-order valence-electron chi connectivity index (χ2n) is 8.55. The van der Waals surface area contributed by atoms with Gasteiger partial charge in [0.2, 0.25) is 5.89 Å². The van der Waals surface area contributed by atoms with Crippen molar-refractivity contribution in [3.05, 3.63) is 70.4 Å². The normalized spacial score (nSPS) is 12.4. The molecule has 2 aromatic carbocycles. The van der Waals surface area contributed by atoms with Crippen molar-refractivity contribution in [2.45, 2.75) is 45.6 Å². The summed E-state index contributed by atoms with van der Waals surface area (Å²) in [6.45, 7) is 6.73. The Morgan fingerprint density at radius 1 is 1.15 bits per heavy atom. The van der Waals surface area contributed by atoms with E-state index < -0.39 is 12.1 Å². The first-order valence-corrected chi connectivity index (χ1v) is 12.2. The summed E-state index contributed by atoms with van der Waals surface area (Å²) in [5, 5.41) is 12.3. The molecule has 6 nitrogen and oxygen atoms in total. The minimum atomic E-state index is -0.967. The minimum absolute atomic E-state index is 0.308. The van der Waals surface area contributed by atoms with Gasteiger partial charge >= 0.3 is 5.97 Å². The lowest BCUT2D eigenvalue weighted by Gasteiger charge is -2.13. The third-order valence-electron chi connectivity index (χ3n) is 5.94. The van der Waals surface area contributed by atoms with Crippen LogP contribution in [0.5, 0.6) is 5.75 Å². The maximum atomic E-state index is 11.4. The summed E-state index contributed by atoms with van der Waals surface area (Å²) in [5.74, 6) is 1.71. The number of nitrogens with zero attached hydrogens (tertiary/aromatic N) is 1. The number of benzene rings is 2. The Morgan fingerprint density at radius 2 is 1.91 bits per heavy atom. The summed E-state index contributed by atoms with van der Waals surface area (Å²) in [6, 6.07) is 14.1. The van der Waals surface area contributed by atoms with Gasteiger partial charge in [-0.3, -0.25) is 0 Å². The highest BCUT2D eigenvalue weighted by atomic mass is 32.1. The molecule has 0 amide bonds. The van der Waals surface area contributed by atoms with Gasteiger partial charge in [0.15, 0.2) is 6.10 Å². The Labute approximate surface area is 203 Å². The van der Waals surface area contributed by atoms with E-state index >= 15 is 0 Å². The van der Waals surface area contributed by atoms with Crippen molar-refractivity contribution in [2.24, 2.45) is 0 Å². The van der Waals surface area contributed by atoms with E-state index in [1.54, 1.807) is 11.3 Å². The third kappa shape index (κ3) is 5.16. The monoisotopic (exact) mass is 479 g/mol. The summed E-state index contributed by atoms with van der Waals surface area (Å²) in [4.78, 5) is 16.1. The van der Waals surface area contributed by atoms with E-state index in [2.05, 4.69) is 26.0 Å². The first-order valence-electron chi connectivity index (χ1n) is 11.3. The summed E-state index contributed by atoms with van der Waals surface area (Å²) in [5.41, 5.74) is 4.07. The van der Waals surface area contributed by atoms with Gasteiger partial charge in [-0.2, -0.15) is 0 Å². The summed E-state index contributed by atoms with van der Waals surface area (Å²) >= 11 is 1.57. The molecule has 1 atom stereocenters. The standard InChI is InChI=1S/C27H29NO5S/c1-16(2)18-5-7-19(8-6-18)26-28-22(17(3)33-26)11-13-32-23-10-9-20(15-24(31-4)27(29)30)25-21(23)12-14-34-25/h5-10,12,14,16,24H,11,13,15H2,1-4H3,(H,29,30)/t24-/m0/s1. The van der Waals surface area contributed by atoms with Gasteiger partial charge in [0.1, 0.15) is 11.5 Å². The van der Waals surface area contributed by atoms with Gasteiger partial charge in [0, 0.05) is 35.6 Å². The Hall–Kier alpha value is -3.16. The van der Waals surface area contributed by atoms with Crippen LogP contribution in [0.15, 0.2) is 52.3 Å². The highest BCUT2D eigenvalue weighted by Crippen LogP contribution is 2.34.